The maximum absolute atomic E-state index is 11.3. The van der Waals surface area contributed by atoms with Crippen LogP contribution in [0.5, 0.6) is 0 Å². The van der Waals surface area contributed by atoms with Crippen molar-refractivity contribution in [2.24, 2.45) is 0 Å². The van der Waals surface area contributed by atoms with Crippen LogP contribution in [0.1, 0.15) is 32.6 Å². The van der Waals surface area contributed by atoms with Gasteiger partial charge in [-0.2, -0.15) is 0 Å². The van der Waals surface area contributed by atoms with Gasteiger partial charge in [0.05, 0.1) is 0 Å². The Morgan fingerprint density at radius 1 is 1.33 bits per heavy atom. The van der Waals surface area contributed by atoms with E-state index >= 15 is 0 Å². The highest BCUT2D eigenvalue weighted by molar-refractivity contribution is 5.13. The van der Waals surface area contributed by atoms with Crippen LogP contribution in [0.25, 0.3) is 0 Å². The maximum atomic E-state index is 11.3. The molecule has 0 unspecified atom stereocenters. The standard InChI is InChI=1S/C8H11O/c1-2-5-8(9)6-3-4-7-8/h3-4,6-7H2,1H3. The lowest BCUT2D eigenvalue weighted by atomic mass is 10.0. The van der Waals surface area contributed by atoms with Gasteiger partial charge < -0.3 is 0 Å². The molecule has 0 amide bonds. The summed E-state index contributed by atoms with van der Waals surface area (Å²) in [6.07, 6.45) is 3.65. The molecule has 1 heteroatoms. The topological polar surface area (TPSA) is 19.9 Å². The van der Waals surface area contributed by atoms with E-state index in [2.05, 4.69) is 11.8 Å². The van der Waals surface area contributed by atoms with Gasteiger partial charge in [-0.1, -0.05) is 5.92 Å². The van der Waals surface area contributed by atoms with Gasteiger partial charge >= 0.3 is 0 Å². The third-order valence-electron chi connectivity index (χ3n) is 1.76. The lowest BCUT2D eigenvalue weighted by Crippen LogP contribution is -2.18. The first-order valence-corrected chi connectivity index (χ1v) is 3.41. The van der Waals surface area contributed by atoms with Gasteiger partial charge in [-0.05, 0) is 32.6 Å². The van der Waals surface area contributed by atoms with Gasteiger partial charge in [-0.25, -0.2) is 5.11 Å². The summed E-state index contributed by atoms with van der Waals surface area (Å²) in [6, 6.07) is 0. The van der Waals surface area contributed by atoms with E-state index in [1.165, 1.54) is 0 Å². The van der Waals surface area contributed by atoms with E-state index in [1.807, 2.05) is 0 Å². The van der Waals surface area contributed by atoms with E-state index in [0.29, 0.717) is 0 Å². The Morgan fingerprint density at radius 2 is 1.89 bits per heavy atom. The van der Waals surface area contributed by atoms with Crippen LogP contribution >= 0.6 is 0 Å². The Balaban J connectivity index is 2.58. The second kappa shape index (κ2) is 2.41. The second-order valence-corrected chi connectivity index (χ2v) is 2.58. The quantitative estimate of drug-likeness (QED) is 0.437. The molecule has 1 saturated carbocycles. The summed E-state index contributed by atoms with van der Waals surface area (Å²) >= 11 is 0. The summed E-state index contributed by atoms with van der Waals surface area (Å²) in [7, 11) is 0. The molecule has 0 aliphatic heterocycles. The smallest absolute Gasteiger partial charge is 0.163 e. The number of rotatable bonds is 0. The first-order valence-electron chi connectivity index (χ1n) is 3.41. The lowest BCUT2D eigenvalue weighted by molar-refractivity contribution is 0.0301. The molecule has 0 heterocycles. The molecule has 0 spiro atoms. The van der Waals surface area contributed by atoms with Gasteiger partial charge in [-0.3, -0.25) is 0 Å². The highest BCUT2D eigenvalue weighted by atomic mass is 16.3. The van der Waals surface area contributed by atoms with Gasteiger partial charge in [-0.15, -0.1) is 5.92 Å². The predicted octanol–water partition coefficient (Wildman–Crippen LogP) is 1.75. The SMILES string of the molecule is CC#CC1([O])CCCC1. The van der Waals surface area contributed by atoms with Crippen LogP contribution in [0, 0.1) is 11.8 Å². The van der Waals surface area contributed by atoms with Crippen LogP contribution < -0.4 is 0 Å². The molecule has 0 aromatic carbocycles. The third-order valence-corrected chi connectivity index (χ3v) is 1.76. The lowest BCUT2D eigenvalue weighted by Gasteiger charge is -2.08. The predicted molar refractivity (Wildman–Crippen MR) is 35.3 cm³/mol. The fourth-order valence-corrected chi connectivity index (χ4v) is 1.30. The van der Waals surface area contributed by atoms with Crippen molar-refractivity contribution in [3.05, 3.63) is 0 Å². The summed E-state index contributed by atoms with van der Waals surface area (Å²) < 4.78 is 0. The Hall–Kier alpha value is -0.480. The van der Waals surface area contributed by atoms with Crippen molar-refractivity contribution < 1.29 is 5.11 Å². The van der Waals surface area contributed by atoms with Crippen molar-refractivity contribution in [2.45, 2.75) is 38.2 Å². The maximum Gasteiger partial charge on any atom is 0.163 e. The van der Waals surface area contributed by atoms with E-state index in [9.17, 15) is 5.11 Å². The summed E-state index contributed by atoms with van der Waals surface area (Å²) in [5, 5.41) is 11.3. The molecule has 0 aromatic heterocycles. The summed E-state index contributed by atoms with van der Waals surface area (Å²) in [5.74, 6) is 5.40. The Bertz CT molecular complexity index is 144. The Labute approximate surface area is 56.1 Å². The molecule has 9 heavy (non-hydrogen) atoms. The molecule has 1 aliphatic rings. The summed E-state index contributed by atoms with van der Waals surface area (Å²) in [5.41, 5.74) is -0.866. The highest BCUT2D eigenvalue weighted by Crippen LogP contribution is 2.28. The molecular formula is C8H11O. The molecule has 1 nitrogen and oxygen atoms in total. The molecule has 1 aliphatic carbocycles. The van der Waals surface area contributed by atoms with E-state index in [-0.39, 0.29) is 0 Å². The van der Waals surface area contributed by atoms with Crippen molar-refractivity contribution in [1.29, 1.82) is 0 Å². The van der Waals surface area contributed by atoms with Crippen LogP contribution in [0.15, 0.2) is 0 Å². The first-order chi connectivity index (χ1) is 4.27. The molecule has 0 N–H and O–H groups in total. The van der Waals surface area contributed by atoms with Crippen LogP contribution in [-0.2, 0) is 5.11 Å². The molecule has 0 saturated heterocycles. The van der Waals surface area contributed by atoms with Gasteiger partial charge in [0.25, 0.3) is 0 Å². The van der Waals surface area contributed by atoms with Crippen molar-refractivity contribution >= 4 is 0 Å². The molecule has 0 aromatic rings. The van der Waals surface area contributed by atoms with Gasteiger partial charge in [0.2, 0.25) is 0 Å². The second-order valence-electron chi connectivity index (χ2n) is 2.58. The van der Waals surface area contributed by atoms with E-state index in [4.69, 9.17) is 0 Å². The van der Waals surface area contributed by atoms with Gasteiger partial charge in [0, 0.05) is 0 Å². The number of hydrogen-bond donors (Lipinski definition) is 0. The Kier molecular flexibility index (Phi) is 1.78. The largest absolute Gasteiger partial charge is 0.215 e. The molecule has 0 bridgehead atoms. The molecule has 1 radical (unpaired) electrons. The minimum Gasteiger partial charge on any atom is -0.215 e. The monoisotopic (exact) mass is 123 g/mol. The molecule has 0 atom stereocenters. The highest BCUT2D eigenvalue weighted by Gasteiger charge is 2.30. The average molecular weight is 123 g/mol. The summed E-state index contributed by atoms with van der Waals surface area (Å²) in [4.78, 5) is 0. The minimum atomic E-state index is -0.866. The van der Waals surface area contributed by atoms with Gasteiger partial charge in [0.1, 0.15) is 0 Å². The average Bonchev–Trinajstić information content (AvgIpc) is 2.16. The van der Waals surface area contributed by atoms with Crippen molar-refractivity contribution in [3.8, 4) is 11.8 Å². The summed E-state index contributed by atoms with van der Waals surface area (Å²) in [6.45, 7) is 1.73. The van der Waals surface area contributed by atoms with Gasteiger partial charge in [0.15, 0.2) is 5.60 Å². The van der Waals surface area contributed by atoms with Crippen LogP contribution in [0.4, 0.5) is 0 Å². The normalized spacial score (nSPS) is 22.9. The number of hydrogen-bond acceptors (Lipinski definition) is 0. The zero-order chi connectivity index (χ0) is 6.74. The van der Waals surface area contributed by atoms with E-state index < -0.39 is 5.60 Å². The zero-order valence-corrected chi connectivity index (χ0v) is 5.74. The van der Waals surface area contributed by atoms with E-state index in [0.717, 1.165) is 25.7 Å². The van der Waals surface area contributed by atoms with E-state index in [1.54, 1.807) is 6.92 Å². The first kappa shape index (κ1) is 6.64. The molecular weight excluding hydrogens is 112 g/mol. The molecule has 1 fully saturated rings. The van der Waals surface area contributed by atoms with Crippen molar-refractivity contribution in [1.82, 2.24) is 0 Å². The molecule has 1 rings (SSSR count). The third kappa shape index (κ3) is 1.46. The zero-order valence-electron chi connectivity index (χ0n) is 5.74. The Morgan fingerprint density at radius 3 is 2.33 bits per heavy atom. The van der Waals surface area contributed by atoms with Crippen molar-refractivity contribution in [2.75, 3.05) is 0 Å². The molecule has 49 valence electrons. The fraction of sp³-hybridized carbons (Fsp3) is 0.750. The van der Waals surface area contributed by atoms with Crippen molar-refractivity contribution in [3.63, 3.8) is 0 Å². The fourth-order valence-electron chi connectivity index (χ4n) is 1.30. The minimum absolute atomic E-state index is 0.758. The van der Waals surface area contributed by atoms with Crippen LogP contribution in [0.2, 0.25) is 0 Å². The van der Waals surface area contributed by atoms with Crippen LogP contribution in [0.3, 0.4) is 0 Å². The van der Waals surface area contributed by atoms with Crippen LogP contribution in [-0.4, -0.2) is 5.60 Å².